The molecule has 3 N–H and O–H groups in total. The van der Waals surface area contributed by atoms with E-state index >= 15 is 0 Å². The number of nitrogens with one attached hydrogen (secondary N) is 3. The summed E-state index contributed by atoms with van der Waals surface area (Å²) in [5.74, 6) is 0. The average Bonchev–Trinajstić information content (AvgIpc) is 2.41. The number of fused-ring (bicyclic) bond motifs is 1. The lowest BCUT2D eigenvalue weighted by molar-refractivity contribution is 0.539. The molecule has 2 atom stereocenters. The third-order valence-corrected chi connectivity index (χ3v) is 2.21. The highest BCUT2D eigenvalue weighted by Crippen LogP contribution is 2.27. The molecule has 4 nitrogen and oxygen atoms in total. The monoisotopic (exact) mass is 153 g/mol. The minimum absolute atomic E-state index is 0.00403. The lowest BCUT2D eigenvalue weighted by Gasteiger charge is -2.04. The number of H-pyrrole nitrogens is 2. The van der Waals surface area contributed by atoms with Crippen LogP contribution in [0.3, 0.4) is 0 Å². The maximum atomic E-state index is 11.1. The Morgan fingerprint density at radius 3 is 2.55 bits per heavy atom. The fourth-order valence-corrected chi connectivity index (χ4v) is 1.69. The molecule has 0 spiro atoms. The minimum atomic E-state index is 0.00403. The van der Waals surface area contributed by atoms with Crippen LogP contribution in [0.1, 0.15) is 37.2 Å². The molecule has 0 unspecified atom stereocenters. The van der Waals surface area contributed by atoms with Crippen molar-refractivity contribution < 1.29 is 0 Å². The van der Waals surface area contributed by atoms with Crippen molar-refractivity contribution in [3.05, 3.63) is 21.6 Å². The molecule has 0 aliphatic carbocycles. The van der Waals surface area contributed by atoms with Crippen molar-refractivity contribution >= 4 is 0 Å². The van der Waals surface area contributed by atoms with E-state index in [4.69, 9.17) is 0 Å². The number of hydrogen-bond donors (Lipinski definition) is 3. The topological polar surface area (TPSA) is 60.7 Å². The van der Waals surface area contributed by atoms with E-state index < -0.39 is 0 Å². The number of rotatable bonds is 0. The van der Waals surface area contributed by atoms with Crippen LogP contribution in [0.25, 0.3) is 0 Å². The van der Waals surface area contributed by atoms with Crippen molar-refractivity contribution in [1.82, 2.24) is 15.5 Å². The van der Waals surface area contributed by atoms with Crippen LogP contribution < -0.4 is 10.9 Å². The SMILES string of the molecule is C[C@H]1N[C@H](C)c2c1[nH][nH]c2=O. The fourth-order valence-electron chi connectivity index (χ4n) is 1.69. The zero-order chi connectivity index (χ0) is 8.01. The van der Waals surface area contributed by atoms with Crippen LogP contribution in [0.2, 0.25) is 0 Å². The van der Waals surface area contributed by atoms with Crippen LogP contribution in [0.5, 0.6) is 0 Å². The van der Waals surface area contributed by atoms with Crippen molar-refractivity contribution in [2.45, 2.75) is 25.9 Å². The maximum Gasteiger partial charge on any atom is 0.268 e. The van der Waals surface area contributed by atoms with Gasteiger partial charge in [0, 0.05) is 12.1 Å². The van der Waals surface area contributed by atoms with Gasteiger partial charge in [-0.15, -0.1) is 0 Å². The van der Waals surface area contributed by atoms with Gasteiger partial charge in [0.2, 0.25) is 0 Å². The predicted molar refractivity (Wildman–Crippen MR) is 41.4 cm³/mol. The predicted octanol–water partition coefficient (Wildman–Crippen LogP) is 0.428. The molecule has 0 saturated heterocycles. The molecule has 11 heavy (non-hydrogen) atoms. The molecule has 4 heteroatoms. The van der Waals surface area contributed by atoms with Gasteiger partial charge in [-0.05, 0) is 13.8 Å². The first-order chi connectivity index (χ1) is 5.20. The lowest BCUT2D eigenvalue weighted by Crippen LogP contribution is -2.17. The van der Waals surface area contributed by atoms with Gasteiger partial charge in [0.05, 0.1) is 11.3 Å². The van der Waals surface area contributed by atoms with E-state index in [1.54, 1.807) is 0 Å². The summed E-state index contributed by atoms with van der Waals surface area (Å²) in [6, 6.07) is 0.439. The molecular formula is C7H11N3O. The summed E-state index contributed by atoms with van der Waals surface area (Å²) in [6.07, 6.45) is 0. The van der Waals surface area contributed by atoms with Crippen molar-refractivity contribution in [2.24, 2.45) is 0 Å². The van der Waals surface area contributed by atoms with E-state index in [2.05, 4.69) is 15.5 Å². The second-order valence-corrected chi connectivity index (χ2v) is 3.02. The fraction of sp³-hybridized carbons (Fsp3) is 0.571. The summed E-state index contributed by atoms with van der Waals surface area (Å²) in [7, 11) is 0. The highest BCUT2D eigenvalue weighted by Gasteiger charge is 2.28. The van der Waals surface area contributed by atoms with E-state index in [1.807, 2.05) is 13.8 Å². The summed E-state index contributed by atoms with van der Waals surface area (Å²) in [5, 5.41) is 8.70. The highest BCUT2D eigenvalue weighted by atomic mass is 16.1. The van der Waals surface area contributed by atoms with Crippen LogP contribution in [0.4, 0.5) is 0 Å². The lowest BCUT2D eigenvalue weighted by atomic mass is 10.1. The summed E-state index contributed by atoms with van der Waals surface area (Å²) < 4.78 is 0. The van der Waals surface area contributed by atoms with Crippen molar-refractivity contribution in [3.8, 4) is 0 Å². The number of aromatic nitrogens is 2. The van der Waals surface area contributed by atoms with Crippen LogP contribution in [0, 0.1) is 0 Å². The van der Waals surface area contributed by atoms with Crippen LogP contribution >= 0.6 is 0 Å². The second-order valence-electron chi connectivity index (χ2n) is 3.02. The smallest absolute Gasteiger partial charge is 0.268 e. The number of hydrogen-bond acceptors (Lipinski definition) is 2. The Morgan fingerprint density at radius 2 is 1.91 bits per heavy atom. The van der Waals surface area contributed by atoms with Gasteiger partial charge in [0.25, 0.3) is 5.56 Å². The molecule has 0 saturated carbocycles. The maximum absolute atomic E-state index is 11.1. The van der Waals surface area contributed by atoms with Gasteiger partial charge in [0.15, 0.2) is 0 Å². The summed E-state index contributed by atoms with van der Waals surface area (Å²) >= 11 is 0. The Balaban J connectivity index is 2.63. The third kappa shape index (κ3) is 0.758. The zero-order valence-electron chi connectivity index (χ0n) is 6.56. The minimum Gasteiger partial charge on any atom is -0.302 e. The molecule has 2 rings (SSSR count). The molecule has 1 aromatic heterocycles. The zero-order valence-corrected chi connectivity index (χ0v) is 6.56. The Hall–Kier alpha value is -1.03. The van der Waals surface area contributed by atoms with Gasteiger partial charge in [0.1, 0.15) is 0 Å². The van der Waals surface area contributed by atoms with Crippen LogP contribution in [0.15, 0.2) is 4.79 Å². The highest BCUT2D eigenvalue weighted by molar-refractivity contribution is 5.28. The van der Waals surface area contributed by atoms with Gasteiger partial charge in [-0.25, -0.2) is 0 Å². The summed E-state index contributed by atoms with van der Waals surface area (Å²) in [4.78, 5) is 11.1. The van der Waals surface area contributed by atoms with E-state index in [0.29, 0.717) is 0 Å². The molecule has 0 fully saturated rings. The van der Waals surface area contributed by atoms with Gasteiger partial charge >= 0.3 is 0 Å². The molecule has 2 heterocycles. The van der Waals surface area contributed by atoms with Crippen molar-refractivity contribution in [2.75, 3.05) is 0 Å². The first kappa shape index (κ1) is 6.67. The summed E-state index contributed by atoms with van der Waals surface area (Å²) in [6.45, 7) is 4.03. The van der Waals surface area contributed by atoms with Crippen LogP contribution in [-0.4, -0.2) is 10.2 Å². The average molecular weight is 153 g/mol. The number of aromatic amines is 2. The molecular weight excluding hydrogens is 142 g/mol. The quantitative estimate of drug-likeness (QED) is 0.506. The Morgan fingerprint density at radius 1 is 1.18 bits per heavy atom. The van der Waals surface area contributed by atoms with Crippen molar-refractivity contribution in [1.29, 1.82) is 0 Å². The second kappa shape index (κ2) is 1.98. The van der Waals surface area contributed by atoms with E-state index in [1.165, 1.54) is 0 Å². The van der Waals surface area contributed by atoms with E-state index in [9.17, 15) is 4.79 Å². The Kier molecular flexibility index (Phi) is 1.20. The van der Waals surface area contributed by atoms with Gasteiger partial charge < -0.3 is 10.4 Å². The Bertz CT molecular complexity index is 325. The Labute approximate surface area is 64.0 Å². The van der Waals surface area contributed by atoms with Gasteiger partial charge in [-0.2, -0.15) is 0 Å². The normalized spacial score (nSPS) is 28.9. The van der Waals surface area contributed by atoms with Crippen molar-refractivity contribution in [3.63, 3.8) is 0 Å². The molecule has 60 valence electrons. The largest absolute Gasteiger partial charge is 0.302 e. The summed E-state index contributed by atoms with van der Waals surface area (Å²) in [5.41, 5.74) is 1.87. The van der Waals surface area contributed by atoms with Crippen LogP contribution in [-0.2, 0) is 0 Å². The van der Waals surface area contributed by atoms with Gasteiger partial charge in [-0.3, -0.25) is 9.89 Å². The van der Waals surface area contributed by atoms with E-state index in [0.717, 1.165) is 11.3 Å². The third-order valence-electron chi connectivity index (χ3n) is 2.21. The standard InChI is InChI=1S/C7H11N3O/c1-3-5-6(4(2)8-3)9-10-7(5)11/h3-4,8H,1-2H3,(H2,9,10,11)/t3-,4-/m1/s1. The molecule has 0 amide bonds. The van der Waals surface area contributed by atoms with Gasteiger partial charge in [-0.1, -0.05) is 0 Å². The first-order valence-electron chi connectivity index (χ1n) is 3.76. The molecule has 0 aromatic carbocycles. The molecule has 1 aromatic rings. The first-order valence-corrected chi connectivity index (χ1v) is 3.76. The molecule has 0 bridgehead atoms. The molecule has 1 aliphatic rings. The molecule has 0 radical (unpaired) electrons. The molecule has 1 aliphatic heterocycles. The van der Waals surface area contributed by atoms with E-state index in [-0.39, 0.29) is 17.6 Å².